The molecule has 2 aliphatic heterocycles. The van der Waals surface area contributed by atoms with Crippen molar-refractivity contribution in [3.05, 3.63) is 82.8 Å². The van der Waals surface area contributed by atoms with Gasteiger partial charge in [-0.15, -0.1) is 0 Å². The van der Waals surface area contributed by atoms with E-state index in [1.165, 1.54) is 6.07 Å². The fraction of sp³-hybridized carbons (Fsp3) is 0.448. The molecule has 2 aromatic rings. The summed E-state index contributed by atoms with van der Waals surface area (Å²) in [5.41, 5.74) is -0.439. The number of carbonyl (C=O) groups excluding carboxylic acids is 2. The first kappa shape index (κ1) is 28.0. The number of aliphatic hydroxyl groups excluding tert-OH is 1. The van der Waals surface area contributed by atoms with Crippen LogP contribution in [0.1, 0.15) is 47.2 Å². The Morgan fingerprint density at radius 3 is 2.45 bits per heavy atom. The number of benzene rings is 2. The molecule has 3 N–H and O–H groups in total. The normalized spacial score (nSPS) is 23.6. The maximum atomic E-state index is 12.9. The summed E-state index contributed by atoms with van der Waals surface area (Å²) >= 11 is 0. The lowest BCUT2D eigenvalue weighted by molar-refractivity contribution is -0.137. The van der Waals surface area contributed by atoms with Crippen molar-refractivity contribution in [1.82, 2.24) is 15.5 Å². The zero-order valence-corrected chi connectivity index (χ0v) is 21.9. The Balaban J connectivity index is 1.19. The Kier molecular flexibility index (Phi) is 8.04. The van der Waals surface area contributed by atoms with Crippen LogP contribution in [0, 0.1) is 0 Å². The molecule has 11 heteroatoms. The van der Waals surface area contributed by atoms with Crippen LogP contribution in [0.25, 0.3) is 0 Å². The number of amides is 2. The van der Waals surface area contributed by atoms with Crippen LogP contribution in [0.5, 0.6) is 0 Å². The fourth-order valence-electron chi connectivity index (χ4n) is 5.68. The van der Waals surface area contributed by atoms with E-state index in [9.17, 15) is 27.9 Å². The van der Waals surface area contributed by atoms with Crippen LogP contribution in [-0.2, 0) is 26.9 Å². The van der Waals surface area contributed by atoms with E-state index in [1.807, 2.05) is 30.3 Å². The number of carbonyl (C=O) groups is 2. The molecule has 2 fully saturated rings. The van der Waals surface area contributed by atoms with Crippen molar-refractivity contribution in [2.45, 2.75) is 56.0 Å². The van der Waals surface area contributed by atoms with Gasteiger partial charge in [-0.3, -0.25) is 14.5 Å². The van der Waals surface area contributed by atoms with Gasteiger partial charge in [0.25, 0.3) is 5.91 Å². The molecule has 0 atom stereocenters. The minimum Gasteiger partial charge on any atom is -0.458 e. The third-order valence-corrected chi connectivity index (χ3v) is 7.82. The highest BCUT2D eigenvalue weighted by atomic mass is 19.4. The average Bonchev–Trinajstić information content (AvgIpc) is 3.39. The molecule has 3 aliphatic rings. The van der Waals surface area contributed by atoms with Crippen molar-refractivity contribution in [3.63, 3.8) is 0 Å². The predicted octanol–water partition coefficient (Wildman–Crippen LogP) is 3.37. The zero-order chi connectivity index (χ0) is 28.3. The van der Waals surface area contributed by atoms with Crippen molar-refractivity contribution in [2.24, 2.45) is 0 Å². The minimum atomic E-state index is -4.56. The lowest BCUT2D eigenvalue weighted by Crippen LogP contribution is -2.68. The van der Waals surface area contributed by atoms with E-state index in [-0.39, 0.29) is 31.0 Å². The molecule has 2 aromatic carbocycles. The second-order valence-electron chi connectivity index (χ2n) is 10.5. The molecular formula is C29H32F3N3O5. The smallest absolute Gasteiger partial charge is 0.416 e. The lowest BCUT2D eigenvalue weighted by Gasteiger charge is -2.54. The molecule has 1 aliphatic carbocycles. The van der Waals surface area contributed by atoms with E-state index in [0.717, 1.165) is 35.3 Å². The fourth-order valence-corrected chi connectivity index (χ4v) is 5.68. The molecule has 0 bridgehead atoms. The maximum Gasteiger partial charge on any atom is 0.416 e. The lowest BCUT2D eigenvalue weighted by atomic mass is 9.75. The third-order valence-electron chi connectivity index (χ3n) is 7.82. The van der Waals surface area contributed by atoms with Crippen LogP contribution in [0.4, 0.5) is 13.2 Å². The standard InChI is InChI=1S/C29H32F3N3O5/c30-29(31,32)21-8-4-7-20(14-21)27(38)33-15-25(37)34-22-16-35(17-22)28(11-9-23(36)10-12-28)26-24(39-18-40-26)13-19-5-2-1-3-6-19/h1-8,14,22-23,36H,9-13,15-18H2,(H,33,38)(H,34,37). The van der Waals surface area contributed by atoms with E-state index in [4.69, 9.17) is 9.47 Å². The van der Waals surface area contributed by atoms with E-state index in [2.05, 4.69) is 15.5 Å². The average molecular weight is 560 g/mol. The Hall–Kier alpha value is -3.57. The topological polar surface area (TPSA) is 100 Å². The summed E-state index contributed by atoms with van der Waals surface area (Å²) in [5, 5.41) is 15.5. The Labute approximate surface area is 230 Å². The van der Waals surface area contributed by atoms with Crippen LogP contribution in [0.15, 0.2) is 66.1 Å². The first-order valence-electron chi connectivity index (χ1n) is 13.4. The van der Waals surface area contributed by atoms with Gasteiger partial charge in [0, 0.05) is 25.1 Å². The summed E-state index contributed by atoms with van der Waals surface area (Å²) in [5.74, 6) is 0.392. The Bertz CT molecular complexity index is 1250. The summed E-state index contributed by atoms with van der Waals surface area (Å²) in [6, 6.07) is 13.9. The number of likely N-dealkylation sites (tertiary alicyclic amines) is 1. The molecular weight excluding hydrogens is 527 g/mol. The molecule has 1 saturated heterocycles. The van der Waals surface area contributed by atoms with Gasteiger partial charge in [0.05, 0.1) is 29.8 Å². The van der Waals surface area contributed by atoms with E-state index in [1.54, 1.807) is 0 Å². The van der Waals surface area contributed by atoms with Crippen molar-refractivity contribution in [2.75, 3.05) is 26.4 Å². The van der Waals surface area contributed by atoms with Gasteiger partial charge >= 0.3 is 6.18 Å². The van der Waals surface area contributed by atoms with Gasteiger partial charge in [-0.05, 0) is 49.4 Å². The first-order valence-corrected chi connectivity index (χ1v) is 13.4. The molecule has 0 unspecified atom stereocenters. The highest BCUT2D eigenvalue weighted by Crippen LogP contribution is 2.45. The Morgan fingerprint density at radius 2 is 1.75 bits per heavy atom. The summed E-state index contributed by atoms with van der Waals surface area (Å²) in [6.07, 6.45) is -1.70. The molecule has 1 saturated carbocycles. The van der Waals surface area contributed by atoms with E-state index < -0.39 is 29.1 Å². The van der Waals surface area contributed by atoms with E-state index in [0.29, 0.717) is 45.2 Å². The largest absolute Gasteiger partial charge is 0.458 e. The quantitative estimate of drug-likeness (QED) is 0.459. The van der Waals surface area contributed by atoms with Crippen LogP contribution in [0.3, 0.4) is 0 Å². The zero-order valence-electron chi connectivity index (χ0n) is 21.9. The summed E-state index contributed by atoms with van der Waals surface area (Å²) in [7, 11) is 0. The van der Waals surface area contributed by atoms with Crippen LogP contribution in [0.2, 0.25) is 0 Å². The Morgan fingerprint density at radius 1 is 1.02 bits per heavy atom. The van der Waals surface area contributed by atoms with Crippen LogP contribution in [-0.4, -0.2) is 65.9 Å². The molecule has 40 heavy (non-hydrogen) atoms. The maximum absolute atomic E-state index is 12.9. The molecule has 5 rings (SSSR count). The SMILES string of the molecule is O=C(CNC(=O)c1cccc(C(F)(F)F)c1)NC1CN(C2(C3=C(Cc4ccccc4)OCO3)CCC(O)CC2)C1. The number of alkyl halides is 3. The second-order valence-corrected chi connectivity index (χ2v) is 10.5. The number of nitrogens with one attached hydrogen (secondary N) is 2. The first-order chi connectivity index (χ1) is 19.1. The summed E-state index contributed by atoms with van der Waals surface area (Å²) in [6.45, 7) is 0.886. The summed E-state index contributed by atoms with van der Waals surface area (Å²) < 4.78 is 50.8. The molecule has 2 heterocycles. The van der Waals surface area contributed by atoms with Crippen molar-refractivity contribution < 1.29 is 37.3 Å². The minimum absolute atomic E-state index is 0.140. The van der Waals surface area contributed by atoms with Crippen LogP contribution < -0.4 is 10.6 Å². The van der Waals surface area contributed by atoms with Gasteiger partial charge in [0.15, 0.2) is 5.76 Å². The number of nitrogens with zero attached hydrogens (tertiary/aromatic N) is 1. The predicted molar refractivity (Wildman–Crippen MR) is 139 cm³/mol. The number of halogens is 3. The monoisotopic (exact) mass is 559 g/mol. The molecule has 0 spiro atoms. The van der Waals surface area contributed by atoms with Gasteiger partial charge in [0.1, 0.15) is 5.76 Å². The van der Waals surface area contributed by atoms with Crippen molar-refractivity contribution in [1.29, 1.82) is 0 Å². The summed E-state index contributed by atoms with van der Waals surface area (Å²) in [4.78, 5) is 27.1. The van der Waals surface area contributed by atoms with Crippen molar-refractivity contribution >= 4 is 11.8 Å². The molecule has 8 nitrogen and oxygen atoms in total. The van der Waals surface area contributed by atoms with Crippen molar-refractivity contribution in [3.8, 4) is 0 Å². The highest BCUT2D eigenvalue weighted by molar-refractivity contribution is 5.96. The van der Waals surface area contributed by atoms with Gasteiger partial charge in [-0.25, -0.2) is 0 Å². The second kappa shape index (κ2) is 11.5. The number of allylic oxidation sites excluding steroid dienone is 1. The number of hydrogen-bond acceptors (Lipinski definition) is 6. The van der Waals surface area contributed by atoms with E-state index >= 15 is 0 Å². The molecule has 2 amide bonds. The van der Waals surface area contributed by atoms with Crippen LogP contribution >= 0.6 is 0 Å². The number of rotatable bonds is 8. The van der Waals surface area contributed by atoms with Gasteiger partial charge in [-0.1, -0.05) is 36.4 Å². The molecule has 214 valence electrons. The number of ether oxygens (including phenoxy) is 2. The van der Waals surface area contributed by atoms with Gasteiger partial charge in [0.2, 0.25) is 12.7 Å². The van der Waals surface area contributed by atoms with Gasteiger partial charge in [-0.2, -0.15) is 13.2 Å². The molecule has 0 radical (unpaired) electrons. The number of aliphatic hydroxyl groups is 1. The highest BCUT2D eigenvalue weighted by Gasteiger charge is 2.51. The number of hydrogen-bond donors (Lipinski definition) is 3. The molecule has 0 aromatic heterocycles. The third kappa shape index (κ3) is 6.10. The van der Waals surface area contributed by atoms with Gasteiger partial charge < -0.3 is 25.2 Å².